The van der Waals surface area contributed by atoms with Gasteiger partial charge < -0.3 is 14.8 Å². The standard InChI is InChI=1S/C16H19N3O3/c1-21-14-6-3-11(7-15(14)22-2)9-19-10-12(8-17-19)16(20)18-13-4-5-13/h3,6-8,10,13H,4-5,9H2,1-2H3,(H,18,20). The predicted octanol–water partition coefficient (Wildman–Crippen LogP) is 1.84. The van der Waals surface area contributed by atoms with Crippen molar-refractivity contribution in [2.45, 2.75) is 25.4 Å². The van der Waals surface area contributed by atoms with Crippen LogP contribution >= 0.6 is 0 Å². The molecule has 1 saturated carbocycles. The number of nitrogens with zero attached hydrogens (tertiary/aromatic N) is 2. The second-order valence-electron chi connectivity index (χ2n) is 5.36. The quantitative estimate of drug-likeness (QED) is 0.884. The maximum atomic E-state index is 11.9. The van der Waals surface area contributed by atoms with Crippen LogP contribution < -0.4 is 14.8 Å². The van der Waals surface area contributed by atoms with Crippen LogP contribution in [0.5, 0.6) is 11.5 Å². The van der Waals surface area contributed by atoms with Gasteiger partial charge in [-0.15, -0.1) is 0 Å². The first-order valence-corrected chi connectivity index (χ1v) is 7.24. The molecule has 1 aliphatic rings. The summed E-state index contributed by atoms with van der Waals surface area (Å²) in [5.41, 5.74) is 1.61. The van der Waals surface area contributed by atoms with Crippen molar-refractivity contribution in [1.29, 1.82) is 0 Å². The molecule has 1 aromatic heterocycles. The van der Waals surface area contributed by atoms with E-state index in [1.165, 1.54) is 0 Å². The summed E-state index contributed by atoms with van der Waals surface area (Å²) in [6.45, 7) is 0.567. The summed E-state index contributed by atoms with van der Waals surface area (Å²) in [6.07, 6.45) is 5.50. The molecule has 22 heavy (non-hydrogen) atoms. The van der Waals surface area contributed by atoms with Crippen LogP contribution in [0.25, 0.3) is 0 Å². The van der Waals surface area contributed by atoms with E-state index in [9.17, 15) is 4.79 Å². The summed E-state index contributed by atoms with van der Waals surface area (Å²) in [4.78, 5) is 11.9. The van der Waals surface area contributed by atoms with E-state index in [1.807, 2.05) is 18.2 Å². The first kappa shape index (κ1) is 14.4. The minimum absolute atomic E-state index is 0.0546. The molecule has 1 amide bonds. The highest BCUT2D eigenvalue weighted by atomic mass is 16.5. The number of aromatic nitrogens is 2. The summed E-state index contributed by atoms with van der Waals surface area (Å²) < 4.78 is 12.2. The zero-order chi connectivity index (χ0) is 15.5. The molecular formula is C16H19N3O3. The molecule has 0 aliphatic heterocycles. The summed E-state index contributed by atoms with van der Waals surface area (Å²) in [6, 6.07) is 6.07. The third-order valence-corrected chi connectivity index (χ3v) is 3.60. The molecule has 1 fully saturated rings. The monoisotopic (exact) mass is 301 g/mol. The van der Waals surface area contributed by atoms with E-state index >= 15 is 0 Å². The van der Waals surface area contributed by atoms with Gasteiger partial charge in [-0.25, -0.2) is 0 Å². The van der Waals surface area contributed by atoms with Gasteiger partial charge in [0.05, 0.1) is 32.5 Å². The molecule has 1 heterocycles. The van der Waals surface area contributed by atoms with Gasteiger partial charge in [-0.2, -0.15) is 5.10 Å². The van der Waals surface area contributed by atoms with Gasteiger partial charge in [-0.3, -0.25) is 9.48 Å². The van der Waals surface area contributed by atoms with Gasteiger partial charge >= 0.3 is 0 Å². The van der Waals surface area contributed by atoms with Crippen LogP contribution in [0.4, 0.5) is 0 Å². The van der Waals surface area contributed by atoms with Crippen molar-refractivity contribution in [3.8, 4) is 11.5 Å². The van der Waals surface area contributed by atoms with E-state index in [2.05, 4.69) is 10.4 Å². The molecule has 6 heteroatoms. The number of ether oxygens (including phenoxy) is 2. The Morgan fingerprint density at radius 3 is 2.77 bits per heavy atom. The van der Waals surface area contributed by atoms with Crippen molar-refractivity contribution in [2.75, 3.05) is 14.2 Å². The second kappa shape index (κ2) is 6.09. The van der Waals surface area contributed by atoms with Gasteiger partial charge in [-0.05, 0) is 30.5 Å². The van der Waals surface area contributed by atoms with Crippen LogP contribution in [-0.2, 0) is 6.54 Å². The molecule has 1 aliphatic carbocycles. The fraction of sp³-hybridized carbons (Fsp3) is 0.375. The van der Waals surface area contributed by atoms with Crippen molar-refractivity contribution in [1.82, 2.24) is 15.1 Å². The SMILES string of the molecule is COc1ccc(Cn2cc(C(=O)NC3CC3)cn2)cc1OC. The molecule has 1 aromatic carbocycles. The first-order valence-electron chi connectivity index (χ1n) is 7.24. The molecule has 0 atom stereocenters. The maximum absolute atomic E-state index is 11.9. The third kappa shape index (κ3) is 3.21. The van der Waals surface area contributed by atoms with Crippen LogP contribution in [0.3, 0.4) is 0 Å². The Morgan fingerprint density at radius 1 is 1.32 bits per heavy atom. The molecule has 0 spiro atoms. The zero-order valence-corrected chi connectivity index (χ0v) is 12.7. The summed E-state index contributed by atoms with van der Waals surface area (Å²) >= 11 is 0. The smallest absolute Gasteiger partial charge is 0.254 e. The van der Waals surface area contributed by atoms with E-state index < -0.39 is 0 Å². The topological polar surface area (TPSA) is 65.4 Å². The van der Waals surface area contributed by atoms with Crippen molar-refractivity contribution in [3.05, 3.63) is 41.7 Å². The Kier molecular flexibility index (Phi) is 4.00. The number of carbonyl (C=O) groups is 1. The van der Waals surface area contributed by atoms with E-state index in [0.29, 0.717) is 29.6 Å². The largest absolute Gasteiger partial charge is 0.493 e. The van der Waals surface area contributed by atoms with Crippen LogP contribution in [0.2, 0.25) is 0 Å². The molecule has 0 saturated heterocycles. The van der Waals surface area contributed by atoms with Crippen LogP contribution in [0.1, 0.15) is 28.8 Å². The molecule has 6 nitrogen and oxygen atoms in total. The van der Waals surface area contributed by atoms with Crippen molar-refractivity contribution < 1.29 is 14.3 Å². The molecular weight excluding hydrogens is 282 g/mol. The lowest BCUT2D eigenvalue weighted by Crippen LogP contribution is -2.24. The lowest BCUT2D eigenvalue weighted by Gasteiger charge is -2.09. The molecule has 3 rings (SSSR count). The fourth-order valence-corrected chi connectivity index (χ4v) is 2.23. The van der Waals surface area contributed by atoms with Gasteiger partial charge in [0.15, 0.2) is 11.5 Å². The first-order chi connectivity index (χ1) is 10.7. The summed E-state index contributed by atoms with van der Waals surface area (Å²) in [7, 11) is 3.21. The van der Waals surface area contributed by atoms with Gasteiger partial charge in [0.1, 0.15) is 0 Å². The Hall–Kier alpha value is -2.50. The van der Waals surface area contributed by atoms with E-state index in [-0.39, 0.29) is 5.91 Å². The van der Waals surface area contributed by atoms with Crippen LogP contribution in [0, 0.1) is 0 Å². The lowest BCUT2D eigenvalue weighted by molar-refractivity contribution is 0.0951. The van der Waals surface area contributed by atoms with Gasteiger partial charge in [-0.1, -0.05) is 6.07 Å². The number of methoxy groups -OCH3 is 2. The number of rotatable bonds is 6. The normalized spacial score (nSPS) is 13.7. The number of benzene rings is 1. The second-order valence-corrected chi connectivity index (χ2v) is 5.36. The van der Waals surface area contributed by atoms with E-state index in [1.54, 1.807) is 31.3 Å². The maximum Gasteiger partial charge on any atom is 0.254 e. The molecule has 2 aromatic rings. The average Bonchev–Trinajstić information content (AvgIpc) is 3.22. The van der Waals surface area contributed by atoms with E-state index in [4.69, 9.17) is 9.47 Å². The Labute approximate surface area is 129 Å². The number of carbonyl (C=O) groups excluding carboxylic acids is 1. The fourth-order valence-electron chi connectivity index (χ4n) is 2.23. The van der Waals surface area contributed by atoms with Gasteiger partial charge in [0.25, 0.3) is 5.91 Å². The number of amides is 1. The number of nitrogens with one attached hydrogen (secondary N) is 1. The molecule has 0 unspecified atom stereocenters. The molecule has 0 radical (unpaired) electrons. The van der Waals surface area contributed by atoms with Gasteiger partial charge in [0.2, 0.25) is 0 Å². The van der Waals surface area contributed by atoms with Crippen molar-refractivity contribution in [2.24, 2.45) is 0 Å². The highest BCUT2D eigenvalue weighted by molar-refractivity contribution is 5.94. The third-order valence-electron chi connectivity index (χ3n) is 3.60. The lowest BCUT2D eigenvalue weighted by atomic mass is 10.2. The minimum Gasteiger partial charge on any atom is -0.493 e. The molecule has 1 N–H and O–H groups in total. The summed E-state index contributed by atoms with van der Waals surface area (Å²) in [5, 5.41) is 7.19. The molecule has 116 valence electrons. The van der Waals surface area contributed by atoms with E-state index in [0.717, 1.165) is 18.4 Å². The predicted molar refractivity (Wildman–Crippen MR) is 81.4 cm³/mol. The Bertz CT molecular complexity index is 677. The minimum atomic E-state index is -0.0546. The molecule has 0 bridgehead atoms. The summed E-state index contributed by atoms with van der Waals surface area (Å²) in [5.74, 6) is 1.32. The zero-order valence-electron chi connectivity index (χ0n) is 12.7. The van der Waals surface area contributed by atoms with Crippen LogP contribution in [0.15, 0.2) is 30.6 Å². The van der Waals surface area contributed by atoms with Crippen molar-refractivity contribution in [3.63, 3.8) is 0 Å². The average molecular weight is 301 g/mol. The van der Waals surface area contributed by atoms with Crippen LogP contribution in [-0.4, -0.2) is 35.9 Å². The number of hydrogen-bond donors (Lipinski definition) is 1. The van der Waals surface area contributed by atoms with Crippen molar-refractivity contribution >= 4 is 5.91 Å². The Morgan fingerprint density at radius 2 is 2.09 bits per heavy atom. The van der Waals surface area contributed by atoms with Gasteiger partial charge in [0, 0.05) is 12.2 Å². The number of hydrogen-bond acceptors (Lipinski definition) is 4. The Balaban J connectivity index is 1.70. The highest BCUT2D eigenvalue weighted by Crippen LogP contribution is 2.27. The highest BCUT2D eigenvalue weighted by Gasteiger charge is 2.24.